The average molecular weight is 363 g/mol. The molecule has 116 valence electrons. The standard InChI is InChI=1S/C17H19BrN2O2/c18-12-6-7-15-14(10-12)16(21)8-9-20(15)11-17(22)19-13-4-2-1-3-5-13/h6-10,13H,1-5,11H2,(H,19,22). The summed E-state index contributed by atoms with van der Waals surface area (Å²) in [6.45, 7) is 0.245. The number of fused-ring (bicyclic) bond motifs is 1. The van der Waals surface area contributed by atoms with Gasteiger partial charge >= 0.3 is 0 Å². The third-order valence-corrected chi connectivity index (χ3v) is 4.72. The lowest BCUT2D eigenvalue weighted by atomic mass is 9.95. The molecule has 3 rings (SSSR count). The van der Waals surface area contributed by atoms with E-state index in [1.54, 1.807) is 12.3 Å². The molecule has 4 nitrogen and oxygen atoms in total. The van der Waals surface area contributed by atoms with Crippen molar-refractivity contribution in [2.45, 2.75) is 44.7 Å². The Kier molecular flexibility index (Phi) is 4.62. The third-order valence-electron chi connectivity index (χ3n) is 4.22. The summed E-state index contributed by atoms with van der Waals surface area (Å²) in [5, 5.41) is 3.74. The highest BCUT2D eigenvalue weighted by molar-refractivity contribution is 9.10. The van der Waals surface area contributed by atoms with Gasteiger partial charge in [-0.05, 0) is 31.0 Å². The van der Waals surface area contributed by atoms with E-state index in [-0.39, 0.29) is 17.9 Å². The first-order chi connectivity index (χ1) is 10.6. The van der Waals surface area contributed by atoms with Gasteiger partial charge in [0.2, 0.25) is 5.91 Å². The fourth-order valence-electron chi connectivity index (χ4n) is 3.10. The molecule has 1 fully saturated rings. The van der Waals surface area contributed by atoms with Gasteiger partial charge in [-0.2, -0.15) is 0 Å². The Morgan fingerprint density at radius 3 is 2.77 bits per heavy atom. The molecule has 0 radical (unpaired) electrons. The molecule has 0 aliphatic heterocycles. The zero-order chi connectivity index (χ0) is 15.5. The van der Waals surface area contributed by atoms with Crippen LogP contribution in [0.4, 0.5) is 0 Å². The van der Waals surface area contributed by atoms with Gasteiger partial charge in [0.05, 0.1) is 5.52 Å². The molecule has 0 atom stereocenters. The maximum atomic E-state index is 12.3. The minimum Gasteiger partial charge on any atom is -0.352 e. The van der Waals surface area contributed by atoms with Crippen LogP contribution in [0, 0.1) is 0 Å². The highest BCUT2D eigenvalue weighted by Gasteiger charge is 2.16. The van der Waals surface area contributed by atoms with Crippen molar-refractivity contribution in [3.63, 3.8) is 0 Å². The Balaban J connectivity index is 1.80. The Bertz CT molecular complexity index is 748. The average Bonchev–Trinajstić information content (AvgIpc) is 2.51. The minimum absolute atomic E-state index is 0.0137. The molecule has 0 saturated heterocycles. The summed E-state index contributed by atoms with van der Waals surface area (Å²) in [5.41, 5.74) is 0.759. The first-order valence-electron chi connectivity index (χ1n) is 7.71. The second-order valence-corrected chi connectivity index (χ2v) is 6.79. The molecule has 1 heterocycles. The molecule has 2 aromatic rings. The Hall–Kier alpha value is -1.62. The molecule has 1 aromatic heterocycles. The van der Waals surface area contributed by atoms with Gasteiger partial charge in [0.15, 0.2) is 5.43 Å². The molecule has 5 heteroatoms. The SMILES string of the molecule is O=C(Cn1ccc(=O)c2cc(Br)ccc21)NC1CCCCC1. The number of rotatable bonds is 3. The zero-order valence-corrected chi connectivity index (χ0v) is 13.9. The van der Waals surface area contributed by atoms with Crippen molar-refractivity contribution in [3.8, 4) is 0 Å². The van der Waals surface area contributed by atoms with Crippen LogP contribution in [-0.2, 0) is 11.3 Å². The number of carbonyl (C=O) groups is 1. The fourth-order valence-corrected chi connectivity index (χ4v) is 3.46. The maximum absolute atomic E-state index is 12.3. The number of aromatic nitrogens is 1. The summed E-state index contributed by atoms with van der Waals surface area (Å²) < 4.78 is 2.70. The van der Waals surface area contributed by atoms with E-state index < -0.39 is 0 Å². The molecule has 22 heavy (non-hydrogen) atoms. The van der Waals surface area contributed by atoms with E-state index in [2.05, 4.69) is 21.2 Å². The second-order valence-electron chi connectivity index (χ2n) is 5.87. The van der Waals surface area contributed by atoms with Crippen molar-refractivity contribution in [2.24, 2.45) is 0 Å². The quantitative estimate of drug-likeness (QED) is 0.911. The van der Waals surface area contributed by atoms with Crippen LogP contribution in [0.15, 0.2) is 39.7 Å². The van der Waals surface area contributed by atoms with Gasteiger partial charge in [-0.25, -0.2) is 0 Å². The fraction of sp³-hybridized carbons (Fsp3) is 0.412. The van der Waals surface area contributed by atoms with E-state index >= 15 is 0 Å². The molecule has 1 N–H and O–H groups in total. The zero-order valence-electron chi connectivity index (χ0n) is 12.3. The molecule has 1 aliphatic carbocycles. The van der Waals surface area contributed by atoms with E-state index in [4.69, 9.17) is 0 Å². The van der Waals surface area contributed by atoms with Gasteiger partial charge in [0.25, 0.3) is 0 Å². The molecule has 1 saturated carbocycles. The monoisotopic (exact) mass is 362 g/mol. The van der Waals surface area contributed by atoms with Gasteiger partial charge < -0.3 is 9.88 Å². The van der Waals surface area contributed by atoms with Crippen molar-refractivity contribution in [3.05, 3.63) is 45.2 Å². The topological polar surface area (TPSA) is 51.1 Å². The number of hydrogen-bond donors (Lipinski definition) is 1. The van der Waals surface area contributed by atoms with Crippen LogP contribution in [0.3, 0.4) is 0 Å². The van der Waals surface area contributed by atoms with Crippen LogP contribution >= 0.6 is 15.9 Å². The largest absolute Gasteiger partial charge is 0.352 e. The molecule has 1 aliphatic rings. The van der Waals surface area contributed by atoms with E-state index in [1.807, 2.05) is 16.7 Å². The van der Waals surface area contributed by atoms with Gasteiger partial charge in [-0.1, -0.05) is 35.2 Å². The summed E-state index contributed by atoms with van der Waals surface area (Å²) >= 11 is 3.38. The van der Waals surface area contributed by atoms with Crippen molar-refractivity contribution < 1.29 is 4.79 Å². The lowest BCUT2D eigenvalue weighted by Gasteiger charge is -2.23. The summed E-state index contributed by atoms with van der Waals surface area (Å²) in [4.78, 5) is 24.2. The number of benzene rings is 1. The van der Waals surface area contributed by atoms with Gasteiger partial charge in [0, 0.05) is 28.2 Å². The number of pyridine rings is 1. The van der Waals surface area contributed by atoms with Crippen LogP contribution in [0.5, 0.6) is 0 Å². The van der Waals surface area contributed by atoms with Crippen molar-refractivity contribution in [1.29, 1.82) is 0 Å². The molecular formula is C17H19BrN2O2. The first-order valence-corrected chi connectivity index (χ1v) is 8.51. The smallest absolute Gasteiger partial charge is 0.240 e. The number of amides is 1. The molecule has 0 unspecified atom stereocenters. The predicted molar refractivity (Wildman–Crippen MR) is 90.9 cm³/mol. The number of nitrogens with zero attached hydrogens (tertiary/aromatic N) is 1. The number of nitrogens with one attached hydrogen (secondary N) is 1. The van der Waals surface area contributed by atoms with E-state index in [1.165, 1.54) is 25.3 Å². The van der Waals surface area contributed by atoms with Gasteiger partial charge in [-0.3, -0.25) is 9.59 Å². The normalized spacial score (nSPS) is 15.9. The lowest BCUT2D eigenvalue weighted by Crippen LogP contribution is -2.38. The summed E-state index contributed by atoms with van der Waals surface area (Å²) in [7, 11) is 0. The highest BCUT2D eigenvalue weighted by Crippen LogP contribution is 2.18. The number of hydrogen-bond acceptors (Lipinski definition) is 2. The Morgan fingerprint density at radius 1 is 1.23 bits per heavy atom. The summed E-state index contributed by atoms with van der Waals surface area (Å²) in [6, 6.07) is 7.38. The highest BCUT2D eigenvalue weighted by atomic mass is 79.9. The molecule has 0 spiro atoms. The van der Waals surface area contributed by atoms with E-state index in [0.29, 0.717) is 11.4 Å². The van der Waals surface area contributed by atoms with Crippen LogP contribution in [0.25, 0.3) is 10.9 Å². The van der Waals surface area contributed by atoms with Crippen LogP contribution in [0.1, 0.15) is 32.1 Å². The lowest BCUT2D eigenvalue weighted by molar-refractivity contribution is -0.122. The molecular weight excluding hydrogens is 344 g/mol. The van der Waals surface area contributed by atoms with Crippen LogP contribution in [-0.4, -0.2) is 16.5 Å². The van der Waals surface area contributed by atoms with Crippen LogP contribution in [0.2, 0.25) is 0 Å². The third kappa shape index (κ3) is 3.40. The molecule has 0 bridgehead atoms. The minimum atomic E-state index is -0.0276. The molecule has 1 amide bonds. The number of carbonyl (C=O) groups excluding carboxylic acids is 1. The Morgan fingerprint density at radius 2 is 2.00 bits per heavy atom. The van der Waals surface area contributed by atoms with E-state index in [9.17, 15) is 9.59 Å². The van der Waals surface area contributed by atoms with E-state index in [0.717, 1.165) is 22.8 Å². The maximum Gasteiger partial charge on any atom is 0.240 e. The van der Waals surface area contributed by atoms with Crippen LogP contribution < -0.4 is 10.7 Å². The van der Waals surface area contributed by atoms with Crippen molar-refractivity contribution in [1.82, 2.24) is 9.88 Å². The van der Waals surface area contributed by atoms with Gasteiger partial charge in [-0.15, -0.1) is 0 Å². The summed E-state index contributed by atoms with van der Waals surface area (Å²) in [6.07, 6.45) is 7.50. The second kappa shape index (κ2) is 6.65. The summed E-state index contributed by atoms with van der Waals surface area (Å²) in [5.74, 6) is 0.0137. The Labute approximate surface area is 137 Å². The predicted octanol–water partition coefficient (Wildman–Crippen LogP) is 3.21. The van der Waals surface area contributed by atoms with Gasteiger partial charge in [0.1, 0.15) is 6.54 Å². The van der Waals surface area contributed by atoms with Crippen molar-refractivity contribution in [2.75, 3.05) is 0 Å². The number of halogens is 1. The van der Waals surface area contributed by atoms with Crippen molar-refractivity contribution >= 4 is 32.7 Å². The first kappa shape index (κ1) is 15.3. The molecule has 1 aromatic carbocycles.